The molecular formula is C18H19F3N2O. The Kier molecular flexibility index (Phi) is 5.84. The standard InChI is InChI=1S/C18H19F3N2O/c1-2-23(13-14-6-4-3-5-7-14)17(24)12-22-16-10-8-15(9-11-16)18(19,20)21/h3-11,22H,2,12-13H2,1H3. The summed E-state index contributed by atoms with van der Waals surface area (Å²) in [5.41, 5.74) is 0.799. The van der Waals surface area contributed by atoms with Gasteiger partial charge in [-0.05, 0) is 36.8 Å². The lowest BCUT2D eigenvalue weighted by Crippen LogP contribution is -2.34. The molecule has 0 aliphatic rings. The van der Waals surface area contributed by atoms with Crippen LogP contribution in [0.15, 0.2) is 54.6 Å². The fourth-order valence-corrected chi connectivity index (χ4v) is 2.25. The van der Waals surface area contributed by atoms with Gasteiger partial charge in [0.05, 0.1) is 12.1 Å². The van der Waals surface area contributed by atoms with E-state index in [0.717, 1.165) is 17.7 Å². The van der Waals surface area contributed by atoms with E-state index >= 15 is 0 Å². The predicted molar refractivity (Wildman–Crippen MR) is 87.5 cm³/mol. The Morgan fingerprint density at radius 2 is 1.67 bits per heavy atom. The summed E-state index contributed by atoms with van der Waals surface area (Å²) in [6.07, 6.45) is -4.36. The fraction of sp³-hybridized carbons (Fsp3) is 0.278. The third-order valence-electron chi connectivity index (χ3n) is 3.61. The molecule has 2 aromatic carbocycles. The van der Waals surface area contributed by atoms with Crippen molar-refractivity contribution in [3.05, 3.63) is 65.7 Å². The quantitative estimate of drug-likeness (QED) is 0.859. The lowest BCUT2D eigenvalue weighted by atomic mass is 10.2. The Hall–Kier alpha value is -2.50. The van der Waals surface area contributed by atoms with Crippen LogP contribution in [0.1, 0.15) is 18.1 Å². The highest BCUT2D eigenvalue weighted by Crippen LogP contribution is 2.29. The number of rotatable bonds is 6. The van der Waals surface area contributed by atoms with Gasteiger partial charge in [-0.3, -0.25) is 4.79 Å². The highest BCUT2D eigenvalue weighted by Gasteiger charge is 2.29. The number of anilines is 1. The summed E-state index contributed by atoms with van der Waals surface area (Å²) in [6, 6.07) is 14.3. The summed E-state index contributed by atoms with van der Waals surface area (Å²) in [6.45, 7) is 2.98. The first-order valence-corrected chi connectivity index (χ1v) is 7.63. The molecule has 0 radical (unpaired) electrons. The lowest BCUT2D eigenvalue weighted by molar-refractivity contribution is -0.137. The van der Waals surface area contributed by atoms with Crippen LogP contribution in [0.3, 0.4) is 0 Å². The Balaban J connectivity index is 1.91. The molecule has 0 saturated carbocycles. The van der Waals surface area contributed by atoms with E-state index in [1.807, 2.05) is 37.3 Å². The summed E-state index contributed by atoms with van der Waals surface area (Å²) in [4.78, 5) is 13.9. The molecular weight excluding hydrogens is 317 g/mol. The van der Waals surface area contributed by atoms with Gasteiger partial charge in [-0.25, -0.2) is 0 Å². The number of nitrogens with one attached hydrogen (secondary N) is 1. The maximum Gasteiger partial charge on any atom is 0.416 e. The number of hydrogen-bond acceptors (Lipinski definition) is 2. The van der Waals surface area contributed by atoms with E-state index in [4.69, 9.17) is 0 Å². The minimum Gasteiger partial charge on any atom is -0.376 e. The van der Waals surface area contributed by atoms with Gasteiger partial charge in [0.1, 0.15) is 0 Å². The zero-order chi connectivity index (χ0) is 17.6. The third-order valence-corrected chi connectivity index (χ3v) is 3.61. The van der Waals surface area contributed by atoms with Crippen molar-refractivity contribution in [2.75, 3.05) is 18.4 Å². The van der Waals surface area contributed by atoms with Crippen LogP contribution in [0.5, 0.6) is 0 Å². The number of likely N-dealkylation sites (N-methyl/N-ethyl adjacent to an activating group) is 1. The molecule has 2 rings (SSSR count). The number of carbonyl (C=O) groups is 1. The van der Waals surface area contributed by atoms with E-state index in [2.05, 4.69) is 5.32 Å². The van der Waals surface area contributed by atoms with E-state index in [9.17, 15) is 18.0 Å². The molecule has 2 aromatic rings. The first-order valence-electron chi connectivity index (χ1n) is 7.63. The number of benzene rings is 2. The topological polar surface area (TPSA) is 32.3 Å². The van der Waals surface area contributed by atoms with Crippen molar-refractivity contribution < 1.29 is 18.0 Å². The largest absolute Gasteiger partial charge is 0.416 e. The minimum atomic E-state index is -4.36. The zero-order valence-electron chi connectivity index (χ0n) is 13.3. The number of hydrogen-bond donors (Lipinski definition) is 1. The molecule has 0 heterocycles. The van der Waals surface area contributed by atoms with Crippen LogP contribution in [0.25, 0.3) is 0 Å². The second-order valence-electron chi connectivity index (χ2n) is 5.32. The SMILES string of the molecule is CCN(Cc1ccccc1)C(=O)CNc1ccc(C(F)(F)F)cc1. The Bertz CT molecular complexity index is 654. The van der Waals surface area contributed by atoms with Crippen molar-refractivity contribution in [1.82, 2.24) is 4.90 Å². The molecule has 1 N–H and O–H groups in total. The Labute approximate surface area is 139 Å². The molecule has 24 heavy (non-hydrogen) atoms. The molecule has 0 fully saturated rings. The number of alkyl halides is 3. The molecule has 0 aliphatic heterocycles. The number of halogens is 3. The van der Waals surface area contributed by atoms with Gasteiger partial charge >= 0.3 is 6.18 Å². The monoisotopic (exact) mass is 336 g/mol. The maximum atomic E-state index is 12.5. The number of amides is 1. The number of carbonyl (C=O) groups excluding carboxylic acids is 1. The third kappa shape index (κ3) is 5.01. The zero-order valence-corrected chi connectivity index (χ0v) is 13.3. The summed E-state index contributed by atoms with van der Waals surface area (Å²) < 4.78 is 37.5. The Morgan fingerprint density at radius 3 is 2.21 bits per heavy atom. The molecule has 0 aliphatic carbocycles. The van der Waals surface area contributed by atoms with Gasteiger partial charge in [-0.1, -0.05) is 30.3 Å². The highest BCUT2D eigenvalue weighted by molar-refractivity contribution is 5.80. The van der Waals surface area contributed by atoms with Crippen LogP contribution >= 0.6 is 0 Å². The van der Waals surface area contributed by atoms with Crippen molar-refractivity contribution >= 4 is 11.6 Å². The van der Waals surface area contributed by atoms with Crippen LogP contribution in [0, 0.1) is 0 Å². The summed E-state index contributed by atoms with van der Waals surface area (Å²) in [5.74, 6) is -0.110. The van der Waals surface area contributed by atoms with Crippen LogP contribution in [-0.2, 0) is 17.5 Å². The minimum absolute atomic E-state index is 0.0338. The van der Waals surface area contributed by atoms with Crippen LogP contribution in [-0.4, -0.2) is 23.9 Å². The summed E-state index contributed by atoms with van der Waals surface area (Å²) >= 11 is 0. The number of nitrogens with zero attached hydrogens (tertiary/aromatic N) is 1. The normalized spacial score (nSPS) is 11.2. The van der Waals surface area contributed by atoms with Gasteiger partial charge in [0.15, 0.2) is 0 Å². The van der Waals surface area contributed by atoms with Crippen LogP contribution in [0.4, 0.5) is 18.9 Å². The average Bonchev–Trinajstić information content (AvgIpc) is 2.58. The summed E-state index contributed by atoms with van der Waals surface area (Å²) in [7, 11) is 0. The molecule has 128 valence electrons. The maximum absolute atomic E-state index is 12.5. The van der Waals surface area contributed by atoms with Crippen LogP contribution in [0.2, 0.25) is 0 Å². The molecule has 0 spiro atoms. The first kappa shape index (κ1) is 17.8. The van der Waals surface area contributed by atoms with E-state index in [0.29, 0.717) is 18.8 Å². The van der Waals surface area contributed by atoms with E-state index in [1.54, 1.807) is 4.90 Å². The van der Waals surface area contributed by atoms with Gasteiger partial charge in [0, 0.05) is 18.8 Å². The van der Waals surface area contributed by atoms with Gasteiger partial charge in [-0.2, -0.15) is 13.2 Å². The molecule has 0 unspecified atom stereocenters. The second kappa shape index (κ2) is 7.86. The molecule has 3 nitrogen and oxygen atoms in total. The van der Waals surface area contributed by atoms with E-state index in [1.165, 1.54) is 12.1 Å². The highest BCUT2D eigenvalue weighted by atomic mass is 19.4. The molecule has 0 saturated heterocycles. The lowest BCUT2D eigenvalue weighted by Gasteiger charge is -2.21. The molecule has 1 amide bonds. The Morgan fingerprint density at radius 1 is 1.04 bits per heavy atom. The smallest absolute Gasteiger partial charge is 0.376 e. The average molecular weight is 336 g/mol. The first-order chi connectivity index (χ1) is 11.4. The van der Waals surface area contributed by atoms with Crippen molar-refractivity contribution in [2.24, 2.45) is 0 Å². The van der Waals surface area contributed by atoms with Gasteiger partial charge in [-0.15, -0.1) is 0 Å². The van der Waals surface area contributed by atoms with Crippen molar-refractivity contribution in [3.63, 3.8) is 0 Å². The van der Waals surface area contributed by atoms with Crippen molar-refractivity contribution in [3.8, 4) is 0 Å². The van der Waals surface area contributed by atoms with Crippen LogP contribution < -0.4 is 5.32 Å². The second-order valence-corrected chi connectivity index (χ2v) is 5.32. The molecule has 0 bridgehead atoms. The van der Waals surface area contributed by atoms with E-state index < -0.39 is 11.7 Å². The van der Waals surface area contributed by atoms with Crippen molar-refractivity contribution in [2.45, 2.75) is 19.6 Å². The summed E-state index contributed by atoms with van der Waals surface area (Å²) in [5, 5.41) is 2.87. The van der Waals surface area contributed by atoms with Gasteiger partial charge < -0.3 is 10.2 Å². The van der Waals surface area contributed by atoms with Gasteiger partial charge in [0.2, 0.25) is 5.91 Å². The van der Waals surface area contributed by atoms with Crippen molar-refractivity contribution in [1.29, 1.82) is 0 Å². The molecule has 6 heteroatoms. The predicted octanol–water partition coefficient (Wildman–Crippen LogP) is 4.17. The molecule has 0 atom stereocenters. The fourth-order valence-electron chi connectivity index (χ4n) is 2.25. The molecule has 0 aromatic heterocycles. The van der Waals surface area contributed by atoms with Gasteiger partial charge in [0.25, 0.3) is 0 Å². The van der Waals surface area contributed by atoms with E-state index in [-0.39, 0.29) is 12.5 Å².